The van der Waals surface area contributed by atoms with Gasteiger partial charge in [-0.25, -0.2) is 4.79 Å². The molecule has 0 unspecified atom stereocenters. The molecule has 0 aliphatic carbocycles. The summed E-state index contributed by atoms with van der Waals surface area (Å²) < 4.78 is 5.46. The van der Waals surface area contributed by atoms with Crippen LogP contribution in [0.1, 0.15) is 19.4 Å². The Kier molecular flexibility index (Phi) is 6.21. The quantitative estimate of drug-likeness (QED) is 0.904. The highest BCUT2D eigenvalue weighted by Crippen LogP contribution is 2.10. The van der Waals surface area contributed by atoms with Crippen LogP contribution >= 0.6 is 0 Å². The second-order valence-corrected chi connectivity index (χ2v) is 6.04. The molecule has 1 saturated heterocycles. The van der Waals surface area contributed by atoms with Gasteiger partial charge < -0.3 is 15.0 Å². The molecule has 0 radical (unpaired) electrons. The molecule has 1 aliphatic rings. The number of nitrogens with one attached hydrogen (secondary N) is 1. The SMILES string of the molecule is C[C@H](CNC(=O)N(C)Cc1ccccc1)N1CCOC[C@@H]1C. The van der Waals surface area contributed by atoms with E-state index >= 15 is 0 Å². The topological polar surface area (TPSA) is 44.8 Å². The summed E-state index contributed by atoms with van der Waals surface area (Å²) in [6, 6.07) is 10.7. The number of morpholine rings is 1. The van der Waals surface area contributed by atoms with Gasteiger partial charge in [-0.1, -0.05) is 30.3 Å². The largest absolute Gasteiger partial charge is 0.379 e. The maximum Gasteiger partial charge on any atom is 0.317 e. The van der Waals surface area contributed by atoms with Crippen molar-refractivity contribution in [3.8, 4) is 0 Å². The number of nitrogens with zero attached hydrogens (tertiary/aromatic N) is 2. The maximum absolute atomic E-state index is 12.2. The van der Waals surface area contributed by atoms with Gasteiger partial charge in [0, 0.05) is 38.8 Å². The first kappa shape index (κ1) is 16.8. The fourth-order valence-corrected chi connectivity index (χ4v) is 2.81. The van der Waals surface area contributed by atoms with Crippen molar-refractivity contribution in [3.05, 3.63) is 35.9 Å². The van der Waals surface area contributed by atoms with Gasteiger partial charge in [0.25, 0.3) is 0 Å². The van der Waals surface area contributed by atoms with Gasteiger partial charge in [0.05, 0.1) is 13.2 Å². The highest BCUT2D eigenvalue weighted by atomic mass is 16.5. The van der Waals surface area contributed by atoms with Crippen LogP contribution in [-0.4, -0.2) is 61.3 Å². The van der Waals surface area contributed by atoms with Gasteiger partial charge in [-0.15, -0.1) is 0 Å². The Morgan fingerprint density at radius 2 is 2.18 bits per heavy atom. The monoisotopic (exact) mass is 305 g/mol. The summed E-state index contributed by atoms with van der Waals surface area (Å²) in [6.45, 7) is 8.07. The molecule has 122 valence electrons. The van der Waals surface area contributed by atoms with Gasteiger partial charge in [-0.05, 0) is 19.4 Å². The third-order valence-electron chi connectivity index (χ3n) is 4.14. The van der Waals surface area contributed by atoms with E-state index in [1.54, 1.807) is 4.90 Å². The average molecular weight is 305 g/mol. The zero-order chi connectivity index (χ0) is 15.9. The Hall–Kier alpha value is -1.59. The number of amides is 2. The first-order chi connectivity index (χ1) is 10.6. The number of hydrogen-bond acceptors (Lipinski definition) is 3. The summed E-state index contributed by atoms with van der Waals surface area (Å²) in [5.74, 6) is 0. The van der Waals surface area contributed by atoms with E-state index in [-0.39, 0.29) is 6.03 Å². The van der Waals surface area contributed by atoms with Crippen LogP contribution in [0.3, 0.4) is 0 Å². The zero-order valence-electron chi connectivity index (χ0n) is 13.8. The Morgan fingerprint density at radius 1 is 1.45 bits per heavy atom. The predicted molar refractivity (Wildman–Crippen MR) is 87.8 cm³/mol. The van der Waals surface area contributed by atoms with E-state index in [1.165, 1.54) is 0 Å². The predicted octanol–water partition coefficient (Wildman–Crippen LogP) is 1.94. The van der Waals surface area contributed by atoms with E-state index in [4.69, 9.17) is 4.74 Å². The molecule has 1 heterocycles. The van der Waals surface area contributed by atoms with E-state index in [0.717, 1.165) is 25.3 Å². The van der Waals surface area contributed by atoms with Gasteiger partial charge in [-0.3, -0.25) is 4.90 Å². The number of hydrogen-bond donors (Lipinski definition) is 1. The lowest BCUT2D eigenvalue weighted by molar-refractivity contribution is -0.0177. The van der Waals surface area contributed by atoms with Crippen molar-refractivity contribution in [2.75, 3.05) is 33.4 Å². The van der Waals surface area contributed by atoms with Crippen molar-refractivity contribution in [2.24, 2.45) is 0 Å². The summed E-state index contributed by atoms with van der Waals surface area (Å²) in [7, 11) is 1.82. The van der Waals surface area contributed by atoms with Crippen LogP contribution in [0, 0.1) is 0 Å². The molecule has 0 aromatic heterocycles. The van der Waals surface area contributed by atoms with Gasteiger partial charge in [0.2, 0.25) is 0 Å². The van der Waals surface area contributed by atoms with E-state index < -0.39 is 0 Å². The minimum absolute atomic E-state index is 0.0309. The zero-order valence-corrected chi connectivity index (χ0v) is 13.8. The van der Waals surface area contributed by atoms with Crippen molar-refractivity contribution in [1.82, 2.24) is 15.1 Å². The molecule has 0 bridgehead atoms. The first-order valence-electron chi connectivity index (χ1n) is 7.94. The van der Waals surface area contributed by atoms with Crippen molar-refractivity contribution in [3.63, 3.8) is 0 Å². The lowest BCUT2D eigenvalue weighted by Crippen LogP contribution is -2.52. The Bertz CT molecular complexity index is 466. The number of urea groups is 1. The molecule has 1 N–H and O–H groups in total. The van der Waals surface area contributed by atoms with E-state index in [9.17, 15) is 4.79 Å². The standard InChI is InChI=1S/C17H27N3O2/c1-14(20-9-10-22-13-15(20)2)11-18-17(21)19(3)12-16-7-5-4-6-8-16/h4-8,14-15H,9-13H2,1-3H3,(H,18,21)/t14-,15+/m1/s1. The van der Waals surface area contributed by atoms with Crippen LogP contribution in [0.25, 0.3) is 0 Å². The second kappa shape index (κ2) is 8.15. The molecule has 1 aromatic carbocycles. The average Bonchev–Trinajstić information content (AvgIpc) is 2.53. The summed E-state index contributed by atoms with van der Waals surface area (Å²) in [4.78, 5) is 16.3. The Balaban J connectivity index is 1.76. The third kappa shape index (κ3) is 4.71. The van der Waals surface area contributed by atoms with E-state index in [2.05, 4.69) is 24.1 Å². The van der Waals surface area contributed by atoms with Crippen LogP contribution in [-0.2, 0) is 11.3 Å². The van der Waals surface area contributed by atoms with E-state index in [0.29, 0.717) is 25.2 Å². The van der Waals surface area contributed by atoms with Gasteiger partial charge in [0.15, 0.2) is 0 Å². The molecule has 0 spiro atoms. The number of carbonyl (C=O) groups excluding carboxylic acids is 1. The molecular weight excluding hydrogens is 278 g/mol. The molecule has 1 aromatic rings. The fraction of sp³-hybridized carbons (Fsp3) is 0.588. The van der Waals surface area contributed by atoms with E-state index in [1.807, 2.05) is 37.4 Å². The molecule has 0 saturated carbocycles. The third-order valence-corrected chi connectivity index (χ3v) is 4.14. The highest BCUT2D eigenvalue weighted by Gasteiger charge is 2.24. The number of ether oxygens (including phenoxy) is 1. The lowest BCUT2D eigenvalue weighted by Gasteiger charge is -2.38. The minimum atomic E-state index is -0.0309. The Morgan fingerprint density at radius 3 is 2.86 bits per heavy atom. The number of rotatable bonds is 5. The molecule has 1 fully saturated rings. The van der Waals surface area contributed by atoms with Crippen LogP contribution in [0.5, 0.6) is 0 Å². The molecule has 1 aliphatic heterocycles. The van der Waals surface area contributed by atoms with Crippen molar-refractivity contribution >= 4 is 6.03 Å². The van der Waals surface area contributed by atoms with Crippen molar-refractivity contribution < 1.29 is 9.53 Å². The smallest absolute Gasteiger partial charge is 0.317 e. The molecule has 5 heteroatoms. The van der Waals surface area contributed by atoms with Gasteiger partial charge in [-0.2, -0.15) is 0 Å². The molecule has 5 nitrogen and oxygen atoms in total. The van der Waals surface area contributed by atoms with Crippen LogP contribution in [0.15, 0.2) is 30.3 Å². The highest BCUT2D eigenvalue weighted by molar-refractivity contribution is 5.73. The molecule has 22 heavy (non-hydrogen) atoms. The Labute approximate surface area is 133 Å². The maximum atomic E-state index is 12.2. The first-order valence-corrected chi connectivity index (χ1v) is 7.94. The molecular formula is C17H27N3O2. The number of carbonyl (C=O) groups is 1. The minimum Gasteiger partial charge on any atom is -0.379 e. The lowest BCUT2D eigenvalue weighted by atomic mass is 10.2. The summed E-state index contributed by atoms with van der Waals surface area (Å²) in [5.41, 5.74) is 1.13. The van der Waals surface area contributed by atoms with Crippen LogP contribution in [0.2, 0.25) is 0 Å². The van der Waals surface area contributed by atoms with Gasteiger partial charge in [0.1, 0.15) is 0 Å². The number of benzene rings is 1. The second-order valence-electron chi connectivity index (χ2n) is 6.04. The fourth-order valence-electron chi connectivity index (χ4n) is 2.81. The summed E-state index contributed by atoms with van der Waals surface area (Å²) in [5, 5.41) is 3.02. The summed E-state index contributed by atoms with van der Waals surface area (Å²) in [6.07, 6.45) is 0. The summed E-state index contributed by atoms with van der Waals surface area (Å²) >= 11 is 0. The molecule has 2 atom stereocenters. The molecule has 2 rings (SSSR count). The molecule has 2 amide bonds. The van der Waals surface area contributed by atoms with Crippen LogP contribution in [0.4, 0.5) is 4.79 Å². The van der Waals surface area contributed by atoms with Crippen molar-refractivity contribution in [1.29, 1.82) is 0 Å². The van der Waals surface area contributed by atoms with Gasteiger partial charge >= 0.3 is 6.03 Å². The van der Waals surface area contributed by atoms with Crippen molar-refractivity contribution in [2.45, 2.75) is 32.5 Å². The normalized spacial score (nSPS) is 20.4. The van der Waals surface area contributed by atoms with Crippen LogP contribution < -0.4 is 5.32 Å².